The van der Waals surface area contributed by atoms with Crippen LogP contribution in [0.3, 0.4) is 0 Å². The molecule has 1 aromatic heterocycles. The molecule has 7 heteroatoms. The third-order valence-electron chi connectivity index (χ3n) is 4.81. The maximum absolute atomic E-state index is 14.6. The molecule has 28 heavy (non-hydrogen) atoms. The number of pyridine rings is 1. The minimum atomic E-state index is -0.924. The Morgan fingerprint density at radius 2 is 2.14 bits per heavy atom. The van der Waals surface area contributed by atoms with Gasteiger partial charge in [0.2, 0.25) is 5.88 Å². The van der Waals surface area contributed by atoms with Crippen molar-refractivity contribution in [3.8, 4) is 11.8 Å². The summed E-state index contributed by atoms with van der Waals surface area (Å²) in [5.41, 5.74) is 6.86. The highest BCUT2D eigenvalue weighted by molar-refractivity contribution is 5.55. The van der Waals surface area contributed by atoms with Crippen molar-refractivity contribution in [1.82, 2.24) is 4.57 Å². The van der Waals surface area contributed by atoms with Crippen LogP contribution in [0.4, 0.5) is 4.39 Å². The number of nitriles is 1. The summed E-state index contributed by atoms with van der Waals surface area (Å²) in [6.07, 6.45) is 1.49. The molecule has 2 heterocycles. The predicted octanol–water partition coefficient (Wildman–Crippen LogP) is 2.80. The Morgan fingerprint density at radius 1 is 1.39 bits per heavy atom. The molecule has 2 aromatic rings. The van der Waals surface area contributed by atoms with Crippen molar-refractivity contribution in [1.29, 1.82) is 5.26 Å². The number of allylic oxidation sites excluding steroid dienone is 1. The van der Waals surface area contributed by atoms with E-state index in [4.69, 9.17) is 15.2 Å². The second kappa shape index (κ2) is 8.28. The summed E-state index contributed by atoms with van der Waals surface area (Å²) in [7, 11) is 1.56. The number of benzene rings is 1. The van der Waals surface area contributed by atoms with Crippen molar-refractivity contribution in [2.24, 2.45) is 5.73 Å². The van der Waals surface area contributed by atoms with Crippen LogP contribution in [0.1, 0.15) is 36.1 Å². The molecular weight excluding hydrogens is 361 g/mol. The minimum Gasteiger partial charge on any atom is -0.440 e. The SMILES string of the molecule is CCCc1cc2c(c(=O)n1CCOC)C(c1ccccc1F)C(C#N)=C(N)O2. The van der Waals surface area contributed by atoms with Crippen molar-refractivity contribution in [2.45, 2.75) is 32.2 Å². The number of ether oxygens (including phenoxy) is 2. The molecule has 1 aliphatic rings. The first-order chi connectivity index (χ1) is 13.5. The molecular formula is C21H22FN3O3. The molecule has 1 unspecified atom stereocenters. The largest absolute Gasteiger partial charge is 0.440 e. The third-order valence-corrected chi connectivity index (χ3v) is 4.81. The highest BCUT2D eigenvalue weighted by atomic mass is 19.1. The fourth-order valence-electron chi connectivity index (χ4n) is 3.53. The van der Waals surface area contributed by atoms with Crippen LogP contribution in [0.25, 0.3) is 0 Å². The predicted molar refractivity (Wildman–Crippen MR) is 102 cm³/mol. The minimum absolute atomic E-state index is 0.0243. The molecule has 0 saturated carbocycles. The summed E-state index contributed by atoms with van der Waals surface area (Å²) in [5.74, 6) is -1.28. The summed E-state index contributed by atoms with van der Waals surface area (Å²) < 4.78 is 27.0. The number of aromatic nitrogens is 1. The van der Waals surface area contributed by atoms with E-state index in [-0.39, 0.29) is 33.9 Å². The smallest absolute Gasteiger partial charge is 0.258 e. The van der Waals surface area contributed by atoms with Crippen molar-refractivity contribution < 1.29 is 13.9 Å². The van der Waals surface area contributed by atoms with Crippen LogP contribution in [0.2, 0.25) is 0 Å². The van der Waals surface area contributed by atoms with Crippen molar-refractivity contribution in [3.63, 3.8) is 0 Å². The standard InChI is InChI=1S/C21H22FN3O3/c1-3-6-13-11-17-19(21(26)25(13)9-10-27-2)18(15(12-23)20(24)28-17)14-7-4-5-8-16(14)22/h4-5,7-8,11,18H,3,6,9-10,24H2,1-2H3. The first-order valence-corrected chi connectivity index (χ1v) is 9.11. The lowest BCUT2D eigenvalue weighted by Gasteiger charge is -2.28. The van der Waals surface area contributed by atoms with Crippen molar-refractivity contribution in [2.75, 3.05) is 13.7 Å². The zero-order valence-electron chi connectivity index (χ0n) is 15.9. The molecule has 1 aliphatic heterocycles. The Hall–Kier alpha value is -3.11. The van der Waals surface area contributed by atoms with Gasteiger partial charge in [-0.15, -0.1) is 0 Å². The van der Waals surface area contributed by atoms with E-state index in [1.54, 1.807) is 35.9 Å². The van der Waals surface area contributed by atoms with Gasteiger partial charge in [0.25, 0.3) is 5.56 Å². The van der Waals surface area contributed by atoms with E-state index >= 15 is 0 Å². The maximum atomic E-state index is 14.6. The van der Waals surface area contributed by atoms with E-state index in [1.807, 2.05) is 13.0 Å². The Balaban J connectivity index is 2.30. The van der Waals surface area contributed by atoms with Crippen LogP contribution >= 0.6 is 0 Å². The molecule has 0 fully saturated rings. The highest BCUT2D eigenvalue weighted by Gasteiger charge is 2.35. The summed E-state index contributed by atoms with van der Waals surface area (Å²) in [6, 6.07) is 9.81. The molecule has 0 amide bonds. The number of aryl methyl sites for hydroxylation is 1. The molecule has 0 saturated heterocycles. The van der Waals surface area contributed by atoms with E-state index < -0.39 is 11.7 Å². The number of fused-ring (bicyclic) bond motifs is 1. The van der Waals surface area contributed by atoms with Gasteiger partial charge in [-0.25, -0.2) is 4.39 Å². The monoisotopic (exact) mass is 383 g/mol. The Morgan fingerprint density at radius 3 is 2.79 bits per heavy atom. The second-order valence-corrected chi connectivity index (χ2v) is 6.56. The molecule has 0 radical (unpaired) electrons. The first kappa shape index (κ1) is 19.6. The van der Waals surface area contributed by atoms with Crippen LogP contribution in [-0.2, 0) is 17.7 Å². The fraction of sp³-hybridized carbons (Fsp3) is 0.333. The third kappa shape index (κ3) is 3.39. The van der Waals surface area contributed by atoms with Crippen LogP contribution < -0.4 is 16.0 Å². The van der Waals surface area contributed by atoms with Gasteiger partial charge in [0, 0.05) is 31.0 Å². The molecule has 6 nitrogen and oxygen atoms in total. The molecule has 0 aliphatic carbocycles. The number of rotatable bonds is 6. The van der Waals surface area contributed by atoms with Crippen LogP contribution in [-0.4, -0.2) is 18.3 Å². The number of hydrogen-bond acceptors (Lipinski definition) is 5. The van der Waals surface area contributed by atoms with Crippen LogP contribution in [0.5, 0.6) is 5.75 Å². The summed E-state index contributed by atoms with van der Waals surface area (Å²) in [5, 5.41) is 9.63. The molecule has 0 spiro atoms. The van der Waals surface area contributed by atoms with Crippen molar-refractivity contribution >= 4 is 0 Å². The lowest BCUT2D eigenvalue weighted by atomic mass is 9.83. The summed E-state index contributed by atoms with van der Waals surface area (Å²) >= 11 is 0. The van der Waals surface area contributed by atoms with Crippen LogP contribution in [0.15, 0.2) is 46.6 Å². The topological polar surface area (TPSA) is 90.3 Å². The number of nitrogens with two attached hydrogens (primary N) is 1. The second-order valence-electron chi connectivity index (χ2n) is 6.56. The summed E-state index contributed by atoms with van der Waals surface area (Å²) in [4.78, 5) is 13.4. The summed E-state index contributed by atoms with van der Waals surface area (Å²) in [6.45, 7) is 2.71. The average Bonchev–Trinajstić information content (AvgIpc) is 2.67. The normalized spacial score (nSPS) is 15.7. The van der Waals surface area contributed by atoms with Gasteiger partial charge < -0.3 is 19.8 Å². The number of methoxy groups -OCH3 is 1. The quantitative estimate of drug-likeness (QED) is 0.828. The van der Waals surface area contributed by atoms with Crippen LogP contribution in [0, 0.1) is 17.1 Å². The number of halogens is 1. The van der Waals surface area contributed by atoms with Gasteiger partial charge in [-0.1, -0.05) is 31.5 Å². The Labute approximate surface area is 162 Å². The van der Waals surface area contributed by atoms with Gasteiger partial charge in [0.1, 0.15) is 23.2 Å². The van der Waals surface area contributed by atoms with E-state index in [1.165, 1.54) is 6.07 Å². The molecule has 3 rings (SSSR count). The van der Waals surface area contributed by atoms with Crippen molar-refractivity contribution in [3.05, 3.63) is 74.8 Å². The zero-order valence-corrected chi connectivity index (χ0v) is 15.9. The highest BCUT2D eigenvalue weighted by Crippen LogP contribution is 2.41. The van der Waals surface area contributed by atoms with E-state index in [2.05, 4.69) is 0 Å². The molecule has 146 valence electrons. The molecule has 1 aromatic carbocycles. The zero-order chi connectivity index (χ0) is 20.3. The number of nitrogens with zero attached hydrogens (tertiary/aromatic N) is 2. The van der Waals surface area contributed by atoms with Gasteiger partial charge in [-0.2, -0.15) is 5.26 Å². The molecule has 1 atom stereocenters. The van der Waals surface area contributed by atoms with Gasteiger partial charge in [-0.05, 0) is 12.5 Å². The first-order valence-electron chi connectivity index (χ1n) is 9.11. The lowest BCUT2D eigenvalue weighted by Crippen LogP contribution is -2.34. The Bertz CT molecular complexity index is 1020. The molecule has 0 bridgehead atoms. The number of hydrogen-bond donors (Lipinski definition) is 1. The van der Waals surface area contributed by atoms with Gasteiger partial charge in [-0.3, -0.25) is 4.79 Å². The van der Waals surface area contributed by atoms with Gasteiger partial charge >= 0.3 is 0 Å². The van der Waals surface area contributed by atoms with E-state index in [0.717, 1.165) is 12.1 Å². The maximum Gasteiger partial charge on any atom is 0.258 e. The Kier molecular flexibility index (Phi) is 5.81. The fourth-order valence-corrected chi connectivity index (χ4v) is 3.53. The lowest BCUT2D eigenvalue weighted by molar-refractivity contribution is 0.185. The molecule has 2 N–H and O–H groups in total. The average molecular weight is 383 g/mol. The van der Waals surface area contributed by atoms with E-state index in [9.17, 15) is 14.4 Å². The van der Waals surface area contributed by atoms with E-state index in [0.29, 0.717) is 19.6 Å². The van der Waals surface area contributed by atoms with Gasteiger partial charge in [0.15, 0.2) is 0 Å². The van der Waals surface area contributed by atoms with Gasteiger partial charge in [0.05, 0.1) is 18.1 Å².